The molecule has 2 unspecified atom stereocenters. The van der Waals surface area contributed by atoms with Gasteiger partial charge in [0.25, 0.3) is 5.91 Å². The van der Waals surface area contributed by atoms with E-state index in [0.29, 0.717) is 12.2 Å². The summed E-state index contributed by atoms with van der Waals surface area (Å²) in [5.74, 6) is -1.41. The van der Waals surface area contributed by atoms with Crippen LogP contribution < -0.4 is 5.32 Å². The number of carbonyl (C=O) groups is 2. The molecule has 21 heavy (non-hydrogen) atoms. The zero-order chi connectivity index (χ0) is 15.5. The monoisotopic (exact) mass is 290 g/mol. The Hall–Kier alpha value is -2.21. The van der Waals surface area contributed by atoms with Gasteiger partial charge in [0.2, 0.25) is 0 Å². The van der Waals surface area contributed by atoms with Crippen LogP contribution in [0.2, 0.25) is 0 Å². The number of carbonyl (C=O) groups excluding carboxylic acids is 1. The molecule has 0 aromatic carbocycles. The first-order valence-electron chi connectivity index (χ1n) is 6.72. The summed E-state index contributed by atoms with van der Waals surface area (Å²) < 4.78 is 5.49. The number of hydrogen-bond donors (Lipinski definition) is 2. The van der Waals surface area contributed by atoms with E-state index in [0.717, 1.165) is 12.5 Å². The smallest absolute Gasteiger partial charge is 0.328 e. The van der Waals surface area contributed by atoms with Crippen molar-refractivity contribution in [1.82, 2.24) is 10.3 Å². The number of amides is 1. The van der Waals surface area contributed by atoms with Crippen LogP contribution in [-0.4, -0.2) is 40.2 Å². The summed E-state index contributed by atoms with van der Waals surface area (Å²) in [6.07, 6.45) is 4.50. The molecule has 0 saturated carbocycles. The van der Waals surface area contributed by atoms with E-state index in [9.17, 15) is 9.59 Å². The summed E-state index contributed by atoms with van der Waals surface area (Å²) in [6.45, 7) is 4.45. The molecule has 112 valence electrons. The Balaban J connectivity index is 2.21. The van der Waals surface area contributed by atoms with E-state index in [4.69, 9.17) is 9.84 Å². The lowest BCUT2D eigenvalue weighted by atomic mass is 9.94. The fourth-order valence-corrected chi connectivity index (χ4v) is 2.22. The molecular weight excluding hydrogens is 272 g/mol. The number of nitrogens with zero attached hydrogens (tertiary/aromatic N) is 1. The van der Waals surface area contributed by atoms with Crippen molar-refractivity contribution in [2.45, 2.75) is 31.9 Å². The Morgan fingerprint density at radius 2 is 2.33 bits per heavy atom. The molecule has 2 atom stereocenters. The minimum absolute atomic E-state index is 0.0804. The van der Waals surface area contributed by atoms with Gasteiger partial charge in [-0.15, -0.1) is 0 Å². The quantitative estimate of drug-likeness (QED) is 0.820. The third-order valence-corrected chi connectivity index (χ3v) is 3.75. The number of ether oxygens (including phenoxy) is 1. The molecule has 6 heteroatoms. The number of carboxylic acid groups (broad SMARTS) is 1. The molecule has 0 aliphatic carbocycles. The van der Waals surface area contributed by atoms with Crippen LogP contribution in [0.5, 0.6) is 0 Å². The maximum Gasteiger partial charge on any atom is 0.328 e. The van der Waals surface area contributed by atoms with Crippen molar-refractivity contribution in [3.63, 3.8) is 0 Å². The zero-order valence-electron chi connectivity index (χ0n) is 12.0. The molecule has 0 spiro atoms. The van der Waals surface area contributed by atoms with E-state index < -0.39 is 11.5 Å². The number of pyridine rings is 1. The molecule has 1 aliphatic heterocycles. The number of aromatic nitrogens is 1. The zero-order valence-corrected chi connectivity index (χ0v) is 12.0. The standard InChI is InChI=1S/C15H18N2O4/c1-10-15(2,7-9-21-10)17-14(20)13-11(4-3-8-16-13)5-6-12(18)19/h3-6,8,10H,7,9H2,1-2H3,(H,17,20)(H,18,19)/b6-5+. The van der Waals surface area contributed by atoms with Crippen LogP contribution in [0.3, 0.4) is 0 Å². The van der Waals surface area contributed by atoms with E-state index in [1.807, 2.05) is 13.8 Å². The van der Waals surface area contributed by atoms with E-state index >= 15 is 0 Å². The third-order valence-electron chi connectivity index (χ3n) is 3.75. The first-order valence-corrected chi connectivity index (χ1v) is 6.72. The first-order chi connectivity index (χ1) is 9.92. The normalized spacial score (nSPS) is 25.1. The highest BCUT2D eigenvalue weighted by atomic mass is 16.5. The van der Waals surface area contributed by atoms with Gasteiger partial charge in [-0.25, -0.2) is 4.79 Å². The van der Waals surface area contributed by atoms with Gasteiger partial charge in [-0.2, -0.15) is 0 Å². The van der Waals surface area contributed by atoms with Crippen LogP contribution in [0, 0.1) is 0 Å². The molecule has 0 bridgehead atoms. The second-order valence-electron chi connectivity index (χ2n) is 5.25. The molecule has 1 aromatic rings. The second-order valence-corrected chi connectivity index (χ2v) is 5.25. The van der Waals surface area contributed by atoms with Crippen LogP contribution in [-0.2, 0) is 9.53 Å². The largest absolute Gasteiger partial charge is 0.478 e. The summed E-state index contributed by atoms with van der Waals surface area (Å²) in [5, 5.41) is 11.6. The Morgan fingerprint density at radius 1 is 1.57 bits per heavy atom. The average Bonchev–Trinajstić information content (AvgIpc) is 2.76. The van der Waals surface area contributed by atoms with Gasteiger partial charge in [-0.3, -0.25) is 9.78 Å². The molecule has 1 saturated heterocycles. The SMILES string of the molecule is CC1OCCC1(C)NC(=O)c1ncccc1/C=C/C(=O)O. The minimum Gasteiger partial charge on any atom is -0.478 e. The van der Waals surface area contributed by atoms with Crippen molar-refractivity contribution in [3.8, 4) is 0 Å². The van der Waals surface area contributed by atoms with Crippen molar-refractivity contribution >= 4 is 18.0 Å². The van der Waals surface area contributed by atoms with Gasteiger partial charge in [0.1, 0.15) is 5.69 Å². The summed E-state index contributed by atoms with van der Waals surface area (Å²) in [6, 6.07) is 3.31. The van der Waals surface area contributed by atoms with Crippen molar-refractivity contribution in [1.29, 1.82) is 0 Å². The van der Waals surface area contributed by atoms with Crippen molar-refractivity contribution < 1.29 is 19.4 Å². The van der Waals surface area contributed by atoms with Gasteiger partial charge in [-0.1, -0.05) is 6.07 Å². The molecule has 6 nitrogen and oxygen atoms in total. The second kappa shape index (κ2) is 6.05. The number of aliphatic carboxylic acids is 1. The Kier molecular flexibility index (Phi) is 4.37. The summed E-state index contributed by atoms with van der Waals surface area (Å²) in [4.78, 5) is 27.1. The molecule has 1 aliphatic rings. The van der Waals surface area contributed by atoms with Gasteiger partial charge in [0.05, 0.1) is 11.6 Å². The van der Waals surface area contributed by atoms with Crippen LogP contribution in [0.1, 0.15) is 36.3 Å². The van der Waals surface area contributed by atoms with Crippen molar-refractivity contribution in [2.24, 2.45) is 0 Å². The highest BCUT2D eigenvalue weighted by Gasteiger charge is 2.38. The number of carboxylic acids is 1. The lowest BCUT2D eigenvalue weighted by Crippen LogP contribution is -2.50. The number of rotatable bonds is 4. The van der Waals surface area contributed by atoms with Crippen molar-refractivity contribution in [3.05, 3.63) is 35.7 Å². The van der Waals surface area contributed by atoms with E-state index in [1.165, 1.54) is 12.3 Å². The number of hydrogen-bond acceptors (Lipinski definition) is 4. The third kappa shape index (κ3) is 3.46. The fourth-order valence-electron chi connectivity index (χ4n) is 2.22. The maximum atomic E-state index is 12.4. The van der Waals surface area contributed by atoms with Crippen LogP contribution in [0.15, 0.2) is 24.4 Å². The van der Waals surface area contributed by atoms with Crippen LogP contribution >= 0.6 is 0 Å². The molecule has 2 rings (SSSR count). The first kappa shape index (κ1) is 15.2. The van der Waals surface area contributed by atoms with E-state index in [2.05, 4.69) is 10.3 Å². The summed E-state index contributed by atoms with van der Waals surface area (Å²) in [7, 11) is 0. The summed E-state index contributed by atoms with van der Waals surface area (Å²) in [5.41, 5.74) is 0.227. The average molecular weight is 290 g/mol. The minimum atomic E-state index is -1.07. The van der Waals surface area contributed by atoms with E-state index in [1.54, 1.807) is 12.1 Å². The summed E-state index contributed by atoms with van der Waals surface area (Å²) >= 11 is 0. The molecule has 1 amide bonds. The van der Waals surface area contributed by atoms with Gasteiger partial charge in [0.15, 0.2) is 0 Å². The topological polar surface area (TPSA) is 88.5 Å². The molecule has 2 N–H and O–H groups in total. The van der Waals surface area contributed by atoms with Gasteiger partial charge in [-0.05, 0) is 32.4 Å². The Labute approximate surface area is 122 Å². The Morgan fingerprint density at radius 3 is 2.95 bits per heavy atom. The van der Waals surface area contributed by atoms with Crippen LogP contribution in [0.4, 0.5) is 0 Å². The van der Waals surface area contributed by atoms with Gasteiger partial charge < -0.3 is 15.2 Å². The predicted molar refractivity (Wildman–Crippen MR) is 76.8 cm³/mol. The predicted octanol–water partition coefficient (Wildman–Crippen LogP) is 1.48. The molecule has 2 heterocycles. The Bertz CT molecular complexity index is 585. The molecule has 1 fully saturated rings. The fraction of sp³-hybridized carbons (Fsp3) is 0.400. The molecule has 1 aromatic heterocycles. The van der Waals surface area contributed by atoms with Gasteiger partial charge >= 0.3 is 5.97 Å². The number of nitrogens with one attached hydrogen (secondary N) is 1. The van der Waals surface area contributed by atoms with Crippen LogP contribution in [0.25, 0.3) is 6.08 Å². The molecular formula is C15H18N2O4. The van der Waals surface area contributed by atoms with Crippen molar-refractivity contribution in [2.75, 3.05) is 6.61 Å². The molecule has 0 radical (unpaired) electrons. The maximum absolute atomic E-state index is 12.4. The van der Waals surface area contributed by atoms with E-state index in [-0.39, 0.29) is 17.7 Å². The lowest BCUT2D eigenvalue weighted by molar-refractivity contribution is -0.131. The highest BCUT2D eigenvalue weighted by Crippen LogP contribution is 2.25. The van der Waals surface area contributed by atoms with Gasteiger partial charge in [0, 0.05) is 24.4 Å². The highest BCUT2D eigenvalue weighted by molar-refractivity contribution is 5.97. The lowest BCUT2D eigenvalue weighted by Gasteiger charge is -2.28.